The monoisotopic (exact) mass is 351 g/mol. The minimum absolute atomic E-state index is 0.0227. The van der Waals surface area contributed by atoms with Crippen LogP contribution >= 0.6 is 15.9 Å². The van der Waals surface area contributed by atoms with E-state index in [1.165, 1.54) is 5.56 Å². The molecule has 0 spiro atoms. The van der Waals surface area contributed by atoms with Gasteiger partial charge in [0.2, 0.25) is 5.91 Å². The van der Waals surface area contributed by atoms with Crippen molar-refractivity contribution in [1.29, 1.82) is 0 Å². The zero-order valence-electron chi connectivity index (χ0n) is 11.7. The van der Waals surface area contributed by atoms with Crippen LogP contribution in [0.15, 0.2) is 22.7 Å². The number of carbonyl (C=O) groups is 2. The van der Waals surface area contributed by atoms with Crippen LogP contribution in [0.4, 0.5) is 5.69 Å². The summed E-state index contributed by atoms with van der Waals surface area (Å²) in [6.07, 6.45) is 3.51. The van der Waals surface area contributed by atoms with Crippen LogP contribution in [0, 0.1) is 11.8 Å². The third-order valence-electron chi connectivity index (χ3n) is 4.63. The number of hydrogen-bond acceptors (Lipinski definition) is 2. The van der Waals surface area contributed by atoms with Crippen LogP contribution in [0.1, 0.15) is 31.2 Å². The highest BCUT2D eigenvalue weighted by Crippen LogP contribution is 2.35. The zero-order chi connectivity index (χ0) is 15.0. The van der Waals surface area contributed by atoms with Crippen LogP contribution in [0.3, 0.4) is 0 Å². The fourth-order valence-corrected chi connectivity index (χ4v) is 3.74. The SMILES string of the molecule is O=C(O)C1CCC(C(=O)N2CCc3ccc(Br)cc32)CC1. The predicted octanol–water partition coefficient (Wildman–Crippen LogP) is 3.23. The van der Waals surface area contributed by atoms with Gasteiger partial charge in [-0.1, -0.05) is 22.0 Å². The number of carbonyl (C=O) groups excluding carboxylic acids is 1. The lowest BCUT2D eigenvalue weighted by Gasteiger charge is -2.29. The average Bonchev–Trinajstić information content (AvgIpc) is 2.89. The first-order chi connectivity index (χ1) is 10.1. The molecule has 3 rings (SSSR count). The molecule has 1 heterocycles. The van der Waals surface area contributed by atoms with E-state index in [0.29, 0.717) is 25.7 Å². The molecule has 1 amide bonds. The van der Waals surface area contributed by atoms with Crippen LogP contribution in [0.5, 0.6) is 0 Å². The highest BCUT2D eigenvalue weighted by molar-refractivity contribution is 9.10. The zero-order valence-corrected chi connectivity index (χ0v) is 13.3. The summed E-state index contributed by atoms with van der Waals surface area (Å²) in [5.41, 5.74) is 2.22. The van der Waals surface area contributed by atoms with Gasteiger partial charge in [0, 0.05) is 22.6 Å². The number of benzene rings is 1. The van der Waals surface area contributed by atoms with Crippen LogP contribution in [-0.4, -0.2) is 23.5 Å². The molecule has 1 aromatic rings. The molecule has 0 saturated heterocycles. The number of carboxylic acids is 1. The largest absolute Gasteiger partial charge is 0.481 e. The molecule has 1 saturated carbocycles. The van der Waals surface area contributed by atoms with E-state index in [-0.39, 0.29) is 17.7 Å². The van der Waals surface area contributed by atoms with E-state index in [0.717, 1.165) is 23.1 Å². The number of nitrogens with zero attached hydrogens (tertiary/aromatic N) is 1. The standard InChI is InChI=1S/C16H18BrNO3/c17-13-6-5-10-7-8-18(14(10)9-13)15(19)11-1-3-12(4-2-11)16(20)21/h5-6,9,11-12H,1-4,7-8H2,(H,20,21). The first-order valence-electron chi connectivity index (χ1n) is 7.39. The van der Waals surface area contributed by atoms with Gasteiger partial charge in [-0.15, -0.1) is 0 Å². The maximum Gasteiger partial charge on any atom is 0.306 e. The molecular weight excluding hydrogens is 334 g/mol. The quantitative estimate of drug-likeness (QED) is 0.889. The fraction of sp³-hybridized carbons (Fsp3) is 0.500. The molecule has 0 radical (unpaired) electrons. The van der Waals surface area contributed by atoms with E-state index >= 15 is 0 Å². The Balaban J connectivity index is 1.71. The van der Waals surface area contributed by atoms with E-state index < -0.39 is 5.97 Å². The lowest BCUT2D eigenvalue weighted by atomic mass is 9.81. The Hall–Kier alpha value is -1.36. The van der Waals surface area contributed by atoms with Gasteiger partial charge < -0.3 is 10.0 Å². The molecule has 1 aromatic carbocycles. The smallest absolute Gasteiger partial charge is 0.306 e. The van der Waals surface area contributed by atoms with Crippen molar-refractivity contribution in [2.75, 3.05) is 11.4 Å². The van der Waals surface area contributed by atoms with Crippen molar-refractivity contribution in [2.45, 2.75) is 32.1 Å². The van der Waals surface area contributed by atoms with Gasteiger partial charge in [0.05, 0.1) is 5.92 Å². The second-order valence-corrected chi connectivity index (χ2v) is 6.82. The van der Waals surface area contributed by atoms with Crippen molar-refractivity contribution in [3.8, 4) is 0 Å². The molecule has 5 heteroatoms. The number of amides is 1. The molecule has 21 heavy (non-hydrogen) atoms. The highest BCUT2D eigenvalue weighted by Gasteiger charge is 2.34. The number of halogens is 1. The molecule has 0 atom stereocenters. The number of anilines is 1. The summed E-state index contributed by atoms with van der Waals surface area (Å²) in [7, 11) is 0. The van der Waals surface area contributed by atoms with Gasteiger partial charge in [-0.2, -0.15) is 0 Å². The Bertz CT molecular complexity index is 579. The highest BCUT2D eigenvalue weighted by atomic mass is 79.9. The molecule has 4 nitrogen and oxygen atoms in total. The lowest BCUT2D eigenvalue weighted by molar-refractivity contribution is -0.144. The Labute approximate surface area is 132 Å². The maximum atomic E-state index is 12.7. The normalized spacial score (nSPS) is 24.7. The van der Waals surface area contributed by atoms with Crippen molar-refractivity contribution in [3.05, 3.63) is 28.2 Å². The molecule has 0 unspecified atom stereocenters. The molecule has 112 valence electrons. The van der Waals surface area contributed by atoms with E-state index in [9.17, 15) is 9.59 Å². The third-order valence-corrected chi connectivity index (χ3v) is 5.13. The van der Waals surface area contributed by atoms with Crippen molar-refractivity contribution >= 4 is 33.5 Å². The van der Waals surface area contributed by atoms with E-state index in [2.05, 4.69) is 22.0 Å². The summed E-state index contributed by atoms with van der Waals surface area (Å²) >= 11 is 3.46. The summed E-state index contributed by atoms with van der Waals surface area (Å²) in [4.78, 5) is 25.6. The molecule has 1 N–H and O–H groups in total. The van der Waals surface area contributed by atoms with Gasteiger partial charge in [0.15, 0.2) is 0 Å². The first-order valence-corrected chi connectivity index (χ1v) is 8.18. The lowest BCUT2D eigenvalue weighted by Crippen LogP contribution is -2.37. The van der Waals surface area contributed by atoms with E-state index in [1.54, 1.807) is 0 Å². The van der Waals surface area contributed by atoms with Crippen molar-refractivity contribution < 1.29 is 14.7 Å². The Morgan fingerprint density at radius 1 is 1.14 bits per heavy atom. The molecule has 2 aliphatic rings. The van der Waals surface area contributed by atoms with Crippen molar-refractivity contribution in [3.63, 3.8) is 0 Å². The second kappa shape index (κ2) is 5.79. The Kier molecular flexibility index (Phi) is 4.02. The number of hydrogen-bond donors (Lipinski definition) is 1. The van der Waals surface area contributed by atoms with Crippen molar-refractivity contribution in [2.24, 2.45) is 11.8 Å². The molecular formula is C16H18BrNO3. The van der Waals surface area contributed by atoms with Crippen LogP contribution < -0.4 is 4.90 Å². The molecule has 0 bridgehead atoms. The van der Waals surface area contributed by atoms with Crippen molar-refractivity contribution in [1.82, 2.24) is 0 Å². The maximum absolute atomic E-state index is 12.7. The third kappa shape index (κ3) is 2.84. The molecule has 1 aliphatic heterocycles. The fourth-order valence-electron chi connectivity index (χ4n) is 3.39. The van der Waals surface area contributed by atoms with Gasteiger partial charge in [0.1, 0.15) is 0 Å². The summed E-state index contributed by atoms with van der Waals surface area (Å²) in [6, 6.07) is 6.07. The van der Waals surface area contributed by atoms with Gasteiger partial charge >= 0.3 is 5.97 Å². The molecule has 0 aromatic heterocycles. The van der Waals surface area contributed by atoms with Gasteiger partial charge in [0.25, 0.3) is 0 Å². The average molecular weight is 352 g/mol. The second-order valence-electron chi connectivity index (χ2n) is 5.90. The van der Waals surface area contributed by atoms with Crippen LogP contribution in [0.25, 0.3) is 0 Å². The minimum atomic E-state index is -0.726. The van der Waals surface area contributed by atoms with E-state index in [1.807, 2.05) is 17.0 Å². The summed E-state index contributed by atoms with van der Waals surface area (Å²) in [5.74, 6) is -0.855. The topological polar surface area (TPSA) is 57.6 Å². The van der Waals surface area contributed by atoms with Crippen LogP contribution in [-0.2, 0) is 16.0 Å². The first kappa shape index (κ1) is 14.6. The van der Waals surface area contributed by atoms with Gasteiger partial charge in [-0.05, 0) is 49.8 Å². The number of rotatable bonds is 2. The Morgan fingerprint density at radius 3 is 2.48 bits per heavy atom. The molecule has 1 fully saturated rings. The minimum Gasteiger partial charge on any atom is -0.481 e. The summed E-state index contributed by atoms with van der Waals surface area (Å²) in [5, 5.41) is 9.03. The number of aliphatic carboxylic acids is 1. The van der Waals surface area contributed by atoms with E-state index in [4.69, 9.17) is 5.11 Å². The Morgan fingerprint density at radius 2 is 1.81 bits per heavy atom. The van der Waals surface area contributed by atoms with Crippen LogP contribution in [0.2, 0.25) is 0 Å². The summed E-state index contributed by atoms with van der Waals surface area (Å²) in [6.45, 7) is 0.740. The summed E-state index contributed by atoms with van der Waals surface area (Å²) < 4.78 is 0.982. The van der Waals surface area contributed by atoms with Gasteiger partial charge in [-0.25, -0.2) is 0 Å². The van der Waals surface area contributed by atoms with Gasteiger partial charge in [-0.3, -0.25) is 9.59 Å². The number of carboxylic acid groups (broad SMARTS) is 1. The number of fused-ring (bicyclic) bond motifs is 1. The predicted molar refractivity (Wildman–Crippen MR) is 83.3 cm³/mol. The molecule has 1 aliphatic carbocycles.